The van der Waals surface area contributed by atoms with Gasteiger partial charge in [-0.05, 0) is 19.4 Å². The van der Waals surface area contributed by atoms with Crippen molar-refractivity contribution in [3.63, 3.8) is 0 Å². The fraction of sp³-hybridized carbons (Fsp3) is 0.562. The van der Waals surface area contributed by atoms with Crippen LogP contribution in [0.4, 0.5) is 0 Å². The second-order valence-corrected chi connectivity index (χ2v) is 5.84. The Hall–Kier alpha value is -2.15. The van der Waals surface area contributed by atoms with E-state index in [9.17, 15) is 4.79 Å². The quantitative estimate of drug-likeness (QED) is 0.806. The average molecular weight is 317 g/mol. The van der Waals surface area contributed by atoms with Crippen LogP contribution in [0.2, 0.25) is 0 Å². The van der Waals surface area contributed by atoms with Crippen LogP contribution >= 0.6 is 0 Å². The third-order valence-corrected chi connectivity index (χ3v) is 4.31. The number of hydrogen-bond acceptors (Lipinski definition) is 4. The first kappa shape index (κ1) is 15.7. The highest BCUT2D eigenvalue weighted by atomic mass is 16.5. The molecule has 1 aliphatic heterocycles. The molecule has 2 aromatic rings. The van der Waals surface area contributed by atoms with Gasteiger partial charge < -0.3 is 9.64 Å². The standard InChI is InChI=1S/C16H23N5O2/c1-3-20-12-13(11-18-20)15-14(5-10-23-15)16(22)19(2)8-9-21-7-4-6-17-21/h4,6-7,11-12,14-15H,3,5,8-10H2,1-2H3/t14-,15+/m0/s1. The predicted octanol–water partition coefficient (Wildman–Crippen LogP) is 1.34. The van der Waals surface area contributed by atoms with Gasteiger partial charge in [-0.1, -0.05) is 0 Å². The smallest absolute Gasteiger partial charge is 0.228 e. The van der Waals surface area contributed by atoms with Crippen LogP contribution in [0.5, 0.6) is 0 Å². The first-order chi connectivity index (χ1) is 11.2. The number of nitrogens with zero attached hydrogens (tertiary/aromatic N) is 5. The summed E-state index contributed by atoms with van der Waals surface area (Å²) in [6.07, 6.45) is 8.00. The van der Waals surface area contributed by atoms with E-state index >= 15 is 0 Å². The topological polar surface area (TPSA) is 65.2 Å². The summed E-state index contributed by atoms with van der Waals surface area (Å²) in [4.78, 5) is 14.5. The third-order valence-electron chi connectivity index (χ3n) is 4.31. The lowest BCUT2D eigenvalue weighted by Crippen LogP contribution is -2.36. The Labute approximate surface area is 135 Å². The van der Waals surface area contributed by atoms with Crippen LogP contribution in [0.15, 0.2) is 30.9 Å². The maximum atomic E-state index is 12.8. The zero-order valence-electron chi connectivity index (χ0n) is 13.6. The molecule has 0 aromatic carbocycles. The summed E-state index contributed by atoms with van der Waals surface area (Å²) in [5.74, 6) is -0.00367. The minimum absolute atomic E-state index is 0.129. The van der Waals surface area contributed by atoms with Crippen molar-refractivity contribution in [1.29, 1.82) is 0 Å². The monoisotopic (exact) mass is 317 g/mol. The van der Waals surface area contributed by atoms with E-state index in [1.165, 1.54) is 0 Å². The lowest BCUT2D eigenvalue weighted by molar-refractivity contribution is -0.136. The van der Waals surface area contributed by atoms with E-state index in [0.29, 0.717) is 19.7 Å². The molecule has 7 heteroatoms. The summed E-state index contributed by atoms with van der Waals surface area (Å²) in [6.45, 7) is 4.80. The normalized spacial score (nSPS) is 20.8. The summed E-state index contributed by atoms with van der Waals surface area (Å²) in [5, 5.41) is 8.45. The van der Waals surface area contributed by atoms with E-state index < -0.39 is 0 Å². The summed E-state index contributed by atoms with van der Waals surface area (Å²) in [7, 11) is 1.84. The van der Waals surface area contributed by atoms with Gasteiger partial charge in [-0.15, -0.1) is 0 Å². The zero-order chi connectivity index (χ0) is 16.2. The van der Waals surface area contributed by atoms with Gasteiger partial charge in [0.2, 0.25) is 5.91 Å². The van der Waals surface area contributed by atoms with Gasteiger partial charge in [-0.3, -0.25) is 14.2 Å². The number of hydrogen-bond donors (Lipinski definition) is 0. The van der Waals surface area contributed by atoms with Crippen LogP contribution in [0, 0.1) is 5.92 Å². The molecule has 0 bridgehead atoms. The molecule has 1 amide bonds. The zero-order valence-corrected chi connectivity index (χ0v) is 13.6. The number of aromatic nitrogens is 4. The van der Waals surface area contributed by atoms with Crippen molar-refractivity contribution in [3.8, 4) is 0 Å². The Morgan fingerprint density at radius 3 is 3.00 bits per heavy atom. The van der Waals surface area contributed by atoms with Crippen molar-refractivity contribution in [2.45, 2.75) is 32.5 Å². The molecule has 23 heavy (non-hydrogen) atoms. The molecular weight excluding hydrogens is 294 g/mol. The molecule has 0 unspecified atom stereocenters. The number of amides is 1. The van der Waals surface area contributed by atoms with Crippen molar-refractivity contribution in [3.05, 3.63) is 36.4 Å². The molecule has 7 nitrogen and oxygen atoms in total. The molecule has 3 rings (SSSR count). The molecule has 0 aliphatic carbocycles. The van der Waals surface area contributed by atoms with E-state index in [1.807, 2.05) is 48.0 Å². The third kappa shape index (κ3) is 3.44. The van der Waals surface area contributed by atoms with Gasteiger partial charge in [0.15, 0.2) is 0 Å². The Balaban J connectivity index is 1.62. The Bertz CT molecular complexity index is 637. The van der Waals surface area contributed by atoms with Gasteiger partial charge in [-0.2, -0.15) is 10.2 Å². The SMILES string of the molecule is CCn1cc([C@H]2OCC[C@@H]2C(=O)N(C)CCn2cccn2)cn1. The second kappa shape index (κ2) is 6.95. The highest BCUT2D eigenvalue weighted by Gasteiger charge is 2.37. The van der Waals surface area contributed by atoms with Crippen molar-refractivity contribution in [2.24, 2.45) is 5.92 Å². The van der Waals surface area contributed by atoms with E-state index in [1.54, 1.807) is 11.1 Å². The molecule has 124 valence electrons. The van der Waals surface area contributed by atoms with Crippen LogP contribution in [-0.2, 0) is 22.6 Å². The first-order valence-corrected chi connectivity index (χ1v) is 8.05. The van der Waals surface area contributed by atoms with Crippen molar-refractivity contribution >= 4 is 5.91 Å². The minimum Gasteiger partial charge on any atom is -0.373 e. The van der Waals surface area contributed by atoms with E-state index in [2.05, 4.69) is 10.2 Å². The van der Waals surface area contributed by atoms with Crippen molar-refractivity contribution in [1.82, 2.24) is 24.5 Å². The highest BCUT2D eigenvalue weighted by molar-refractivity contribution is 5.79. The number of aryl methyl sites for hydroxylation is 1. The molecule has 0 saturated carbocycles. The lowest BCUT2D eigenvalue weighted by atomic mass is 9.96. The molecule has 1 saturated heterocycles. The van der Waals surface area contributed by atoms with Crippen LogP contribution in [0.3, 0.4) is 0 Å². The maximum Gasteiger partial charge on any atom is 0.228 e. The molecule has 3 heterocycles. The number of rotatable bonds is 6. The van der Waals surface area contributed by atoms with E-state index in [-0.39, 0.29) is 17.9 Å². The summed E-state index contributed by atoms with van der Waals surface area (Å²) < 4.78 is 9.50. The number of carbonyl (C=O) groups excluding carboxylic acids is 1. The largest absolute Gasteiger partial charge is 0.373 e. The molecule has 1 aliphatic rings. The van der Waals surface area contributed by atoms with Gasteiger partial charge in [0, 0.05) is 50.9 Å². The lowest BCUT2D eigenvalue weighted by Gasteiger charge is -2.23. The number of ether oxygens (including phenoxy) is 1. The molecule has 0 spiro atoms. The molecule has 2 aromatic heterocycles. The molecule has 0 radical (unpaired) electrons. The summed E-state index contributed by atoms with van der Waals surface area (Å²) in [5.41, 5.74) is 0.989. The fourth-order valence-electron chi connectivity index (χ4n) is 2.95. The molecule has 0 N–H and O–H groups in total. The van der Waals surface area contributed by atoms with Crippen LogP contribution in [0.1, 0.15) is 25.0 Å². The summed E-state index contributed by atoms with van der Waals surface area (Å²) >= 11 is 0. The summed E-state index contributed by atoms with van der Waals surface area (Å²) in [6, 6.07) is 1.88. The maximum absolute atomic E-state index is 12.8. The van der Waals surface area contributed by atoms with E-state index in [0.717, 1.165) is 18.5 Å². The second-order valence-electron chi connectivity index (χ2n) is 5.84. The minimum atomic E-state index is -0.185. The molecular formula is C16H23N5O2. The Kier molecular flexibility index (Phi) is 4.76. The molecule has 1 fully saturated rings. The highest BCUT2D eigenvalue weighted by Crippen LogP contribution is 2.35. The Morgan fingerprint density at radius 2 is 2.30 bits per heavy atom. The van der Waals surface area contributed by atoms with Gasteiger partial charge in [0.05, 0.1) is 24.8 Å². The van der Waals surface area contributed by atoms with Crippen LogP contribution in [-0.4, -0.2) is 50.6 Å². The molecule has 2 atom stereocenters. The van der Waals surface area contributed by atoms with Crippen LogP contribution in [0.25, 0.3) is 0 Å². The van der Waals surface area contributed by atoms with E-state index in [4.69, 9.17) is 4.74 Å². The van der Waals surface area contributed by atoms with Gasteiger partial charge >= 0.3 is 0 Å². The average Bonchev–Trinajstić information content (AvgIpc) is 3.32. The van der Waals surface area contributed by atoms with Crippen molar-refractivity contribution in [2.75, 3.05) is 20.2 Å². The predicted molar refractivity (Wildman–Crippen MR) is 84.6 cm³/mol. The number of likely N-dealkylation sites (N-methyl/N-ethyl adjacent to an activating group) is 1. The first-order valence-electron chi connectivity index (χ1n) is 8.05. The number of carbonyl (C=O) groups is 1. The Morgan fingerprint density at radius 1 is 1.43 bits per heavy atom. The van der Waals surface area contributed by atoms with Crippen LogP contribution < -0.4 is 0 Å². The van der Waals surface area contributed by atoms with Gasteiger partial charge in [0.1, 0.15) is 0 Å². The van der Waals surface area contributed by atoms with Gasteiger partial charge in [-0.25, -0.2) is 0 Å². The van der Waals surface area contributed by atoms with Gasteiger partial charge in [0.25, 0.3) is 0 Å². The van der Waals surface area contributed by atoms with Crippen molar-refractivity contribution < 1.29 is 9.53 Å². The fourth-order valence-corrected chi connectivity index (χ4v) is 2.95.